The molecular formula is C28H26O4. The fraction of sp³-hybridized carbons (Fsp3) is 0.214. The molecule has 0 saturated heterocycles. The second-order valence-electron chi connectivity index (χ2n) is 9.00. The third-order valence-corrected chi connectivity index (χ3v) is 5.48. The van der Waals surface area contributed by atoms with Crippen molar-refractivity contribution in [2.24, 2.45) is 0 Å². The third-order valence-electron chi connectivity index (χ3n) is 5.48. The highest BCUT2D eigenvalue weighted by molar-refractivity contribution is 6.15. The Morgan fingerprint density at radius 1 is 1.00 bits per heavy atom. The first-order valence-corrected chi connectivity index (χ1v) is 10.6. The third kappa shape index (κ3) is 4.50. The first-order valence-electron chi connectivity index (χ1n) is 10.6. The second kappa shape index (κ2) is 8.46. The van der Waals surface area contributed by atoms with Crippen LogP contribution in [0.5, 0.6) is 11.5 Å². The van der Waals surface area contributed by atoms with Crippen LogP contribution in [0.2, 0.25) is 0 Å². The summed E-state index contributed by atoms with van der Waals surface area (Å²) in [6.45, 7) is 8.25. The van der Waals surface area contributed by atoms with E-state index in [1.165, 1.54) is 5.56 Å². The summed E-state index contributed by atoms with van der Waals surface area (Å²) in [6, 6.07) is 20.6. The van der Waals surface area contributed by atoms with Crippen LogP contribution in [0.4, 0.5) is 0 Å². The van der Waals surface area contributed by atoms with Gasteiger partial charge in [0.05, 0.1) is 5.56 Å². The quantitative estimate of drug-likeness (QED) is 0.362. The SMILES string of the molecule is Cc1cc(OCC(=O)c2ccccc2)cc2c1C(=O)/C(=C/c1ccc(C(C)(C)C)cc1)O2. The van der Waals surface area contributed by atoms with Crippen molar-refractivity contribution >= 4 is 17.6 Å². The molecule has 0 aliphatic carbocycles. The van der Waals surface area contributed by atoms with Gasteiger partial charge in [0, 0.05) is 11.6 Å². The molecular weight excluding hydrogens is 400 g/mol. The van der Waals surface area contributed by atoms with E-state index in [1.807, 2.05) is 37.3 Å². The molecule has 1 heterocycles. The van der Waals surface area contributed by atoms with Crippen LogP contribution in [-0.2, 0) is 5.41 Å². The van der Waals surface area contributed by atoms with Gasteiger partial charge in [0.25, 0.3) is 0 Å². The zero-order valence-corrected chi connectivity index (χ0v) is 18.8. The first kappa shape index (κ1) is 21.6. The maximum atomic E-state index is 12.9. The zero-order valence-electron chi connectivity index (χ0n) is 18.8. The smallest absolute Gasteiger partial charge is 0.232 e. The molecule has 3 aromatic rings. The monoisotopic (exact) mass is 426 g/mol. The lowest BCUT2D eigenvalue weighted by atomic mass is 9.86. The first-order chi connectivity index (χ1) is 15.2. The Balaban J connectivity index is 1.51. The molecule has 0 bridgehead atoms. The molecule has 4 heteroatoms. The number of ketones is 2. The number of Topliss-reactive ketones (excluding diaryl/α,β-unsaturated/α-hetero) is 2. The molecule has 0 N–H and O–H groups in total. The Morgan fingerprint density at radius 2 is 1.69 bits per heavy atom. The molecule has 0 radical (unpaired) electrons. The van der Waals surface area contributed by atoms with Gasteiger partial charge in [0.1, 0.15) is 11.5 Å². The van der Waals surface area contributed by atoms with Crippen LogP contribution < -0.4 is 9.47 Å². The molecule has 1 aliphatic heterocycles. The van der Waals surface area contributed by atoms with Gasteiger partial charge in [-0.05, 0) is 41.2 Å². The Hall–Kier alpha value is -3.66. The van der Waals surface area contributed by atoms with E-state index in [9.17, 15) is 9.59 Å². The van der Waals surface area contributed by atoms with Crippen LogP contribution >= 0.6 is 0 Å². The van der Waals surface area contributed by atoms with Gasteiger partial charge in [-0.1, -0.05) is 75.4 Å². The van der Waals surface area contributed by atoms with Crippen molar-refractivity contribution in [3.05, 3.63) is 100 Å². The number of aryl methyl sites for hydroxylation is 1. The average Bonchev–Trinajstić information content (AvgIpc) is 3.08. The highest BCUT2D eigenvalue weighted by Crippen LogP contribution is 2.37. The molecule has 4 rings (SSSR count). The van der Waals surface area contributed by atoms with E-state index < -0.39 is 0 Å². The van der Waals surface area contributed by atoms with E-state index in [2.05, 4.69) is 32.9 Å². The van der Waals surface area contributed by atoms with E-state index in [0.717, 1.165) is 11.1 Å². The molecule has 0 unspecified atom stereocenters. The summed E-state index contributed by atoms with van der Waals surface area (Å²) >= 11 is 0. The largest absolute Gasteiger partial charge is 0.485 e. The fourth-order valence-corrected chi connectivity index (χ4v) is 3.65. The second-order valence-corrected chi connectivity index (χ2v) is 9.00. The molecule has 0 atom stereocenters. The number of allylic oxidation sites excluding steroid dienone is 1. The fourth-order valence-electron chi connectivity index (χ4n) is 3.65. The summed E-state index contributed by atoms with van der Waals surface area (Å²) in [7, 11) is 0. The van der Waals surface area contributed by atoms with E-state index in [4.69, 9.17) is 9.47 Å². The van der Waals surface area contributed by atoms with Crippen LogP contribution in [0.3, 0.4) is 0 Å². The lowest BCUT2D eigenvalue weighted by molar-refractivity contribution is 0.0920. The summed E-state index contributed by atoms with van der Waals surface area (Å²) in [5, 5.41) is 0. The summed E-state index contributed by atoms with van der Waals surface area (Å²) in [4.78, 5) is 25.2. The van der Waals surface area contributed by atoms with E-state index in [0.29, 0.717) is 22.6 Å². The summed E-state index contributed by atoms with van der Waals surface area (Å²) in [5.41, 5.74) is 4.07. The lowest BCUT2D eigenvalue weighted by Gasteiger charge is -2.18. The number of hydrogen-bond acceptors (Lipinski definition) is 4. The molecule has 1 aliphatic rings. The number of rotatable bonds is 5. The maximum absolute atomic E-state index is 12.9. The minimum Gasteiger partial charge on any atom is -0.485 e. The summed E-state index contributed by atoms with van der Waals surface area (Å²) in [5.74, 6) is 0.970. The van der Waals surface area contributed by atoms with Gasteiger partial charge < -0.3 is 9.47 Å². The van der Waals surface area contributed by atoms with Gasteiger partial charge in [-0.2, -0.15) is 0 Å². The number of benzene rings is 3. The molecule has 0 spiro atoms. The standard InChI is InChI=1S/C28H26O4/c1-18-14-22(31-17-23(29)20-8-6-5-7-9-20)16-24-26(18)27(30)25(32-24)15-19-10-12-21(13-11-19)28(2,3)4/h5-16H,17H2,1-4H3/b25-15-. The van der Waals surface area contributed by atoms with E-state index in [-0.39, 0.29) is 29.3 Å². The molecule has 32 heavy (non-hydrogen) atoms. The van der Waals surface area contributed by atoms with Crippen molar-refractivity contribution in [1.29, 1.82) is 0 Å². The maximum Gasteiger partial charge on any atom is 0.232 e. The lowest BCUT2D eigenvalue weighted by Crippen LogP contribution is -2.11. The molecule has 0 aromatic heterocycles. The van der Waals surface area contributed by atoms with Gasteiger partial charge in [0.15, 0.2) is 18.1 Å². The Kier molecular flexibility index (Phi) is 5.70. The van der Waals surface area contributed by atoms with Gasteiger partial charge >= 0.3 is 0 Å². The predicted octanol–water partition coefficient (Wildman–Crippen LogP) is 6.17. The molecule has 162 valence electrons. The topological polar surface area (TPSA) is 52.6 Å². The Labute approximate surface area is 188 Å². The van der Waals surface area contributed by atoms with Crippen molar-refractivity contribution in [2.75, 3.05) is 6.61 Å². The number of hydrogen-bond donors (Lipinski definition) is 0. The number of fused-ring (bicyclic) bond motifs is 1. The zero-order chi connectivity index (χ0) is 22.9. The molecule has 3 aromatic carbocycles. The minimum atomic E-state index is -0.149. The highest BCUT2D eigenvalue weighted by Gasteiger charge is 2.30. The van der Waals surface area contributed by atoms with Crippen LogP contribution in [0, 0.1) is 6.92 Å². The minimum absolute atomic E-state index is 0.0665. The van der Waals surface area contributed by atoms with Crippen LogP contribution in [0.15, 0.2) is 72.5 Å². The van der Waals surface area contributed by atoms with Crippen LogP contribution in [0.25, 0.3) is 6.08 Å². The Morgan fingerprint density at radius 3 is 2.34 bits per heavy atom. The van der Waals surface area contributed by atoms with Crippen molar-refractivity contribution in [2.45, 2.75) is 33.1 Å². The van der Waals surface area contributed by atoms with Crippen LogP contribution in [0.1, 0.15) is 58.2 Å². The van der Waals surface area contributed by atoms with Gasteiger partial charge in [-0.15, -0.1) is 0 Å². The molecule has 0 amide bonds. The van der Waals surface area contributed by atoms with Gasteiger partial charge in [-0.3, -0.25) is 9.59 Å². The highest BCUT2D eigenvalue weighted by atomic mass is 16.5. The number of carbonyl (C=O) groups is 2. The van der Waals surface area contributed by atoms with Crippen molar-refractivity contribution in [1.82, 2.24) is 0 Å². The molecule has 0 fully saturated rings. The van der Waals surface area contributed by atoms with E-state index in [1.54, 1.807) is 30.3 Å². The Bertz CT molecular complexity index is 1200. The normalized spacial score (nSPS) is 14.2. The molecule has 4 nitrogen and oxygen atoms in total. The summed E-state index contributed by atoms with van der Waals surface area (Å²) < 4.78 is 11.6. The number of carbonyl (C=O) groups excluding carboxylic acids is 2. The van der Waals surface area contributed by atoms with Crippen LogP contribution in [-0.4, -0.2) is 18.2 Å². The summed E-state index contributed by atoms with van der Waals surface area (Å²) in [6.07, 6.45) is 1.76. The van der Waals surface area contributed by atoms with Gasteiger partial charge in [0.2, 0.25) is 5.78 Å². The van der Waals surface area contributed by atoms with Crippen molar-refractivity contribution in [3.63, 3.8) is 0 Å². The van der Waals surface area contributed by atoms with Gasteiger partial charge in [-0.25, -0.2) is 0 Å². The average molecular weight is 427 g/mol. The number of ether oxygens (including phenoxy) is 2. The van der Waals surface area contributed by atoms with E-state index >= 15 is 0 Å². The van der Waals surface area contributed by atoms with Crippen molar-refractivity contribution in [3.8, 4) is 11.5 Å². The predicted molar refractivity (Wildman–Crippen MR) is 126 cm³/mol. The molecule has 0 saturated carbocycles. The van der Waals surface area contributed by atoms with Crippen molar-refractivity contribution < 1.29 is 19.1 Å².